The molecule has 0 radical (unpaired) electrons. The molecule has 0 N–H and O–H groups in total. The maximum absolute atomic E-state index is 9.94. The first-order chi connectivity index (χ1) is 4.27. The molecule has 0 saturated carbocycles. The van der Waals surface area contributed by atoms with E-state index in [1.807, 2.05) is 0 Å². The van der Waals surface area contributed by atoms with Gasteiger partial charge in [-0.1, -0.05) is 15.9 Å². The van der Waals surface area contributed by atoms with Crippen molar-refractivity contribution in [3.8, 4) is 0 Å². The lowest BCUT2D eigenvalue weighted by Crippen LogP contribution is -1.96. The molecule has 0 heterocycles. The van der Waals surface area contributed by atoms with Gasteiger partial charge in [0.05, 0.1) is 6.61 Å². The van der Waals surface area contributed by atoms with Gasteiger partial charge in [-0.05, 0) is 12.8 Å². The Hall–Kier alpha value is 0.240. The van der Waals surface area contributed by atoms with E-state index in [1.54, 1.807) is 0 Å². The van der Waals surface area contributed by atoms with Gasteiger partial charge in [-0.25, -0.2) is 4.79 Å². The molecule has 0 saturated heterocycles. The zero-order valence-corrected chi connectivity index (χ0v) is 7.24. The molecule has 0 bridgehead atoms. The van der Waals surface area contributed by atoms with Gasteiger partial charge in [0.25, 0.3) is 0 Å². The van der Waals surface area contributed by atoms with E-state index in [1.165, 1.54) is 0 Å². The van der Waals surface area contributed by atoms with Crippen LogP contribution in [0.2, 0.25) is 0 Å². The number of hydrogen-bond donors (Lipinski definition) is 0. The van der Waals surface area contributed by atoms with E-state index in [0.717, 1.165) is 18.2 Å². The molecular weight excluding hydrogens is 207 g/mol. The summed E-state index contributed by atoms with van der Waals surface area (Å²) >= 11 is 8.13. The van der Waals surface area contributed by atoms with E-state index in [-0.39, 0.29) is 0 Å². The first-order valence-corrected chi connectivity index (χ1v) is 4.15. The highest BCUT2D eigenvalue weighted by Crippen LogP contribution is 1.95. The van der Waals surface area contributed by atoms with Crippen molar-refractivity contribution < 1.29 is 9.53 Å². The Morgan fingerprint density at radius 3 is 2.67 bits per heavy atom. The second-order valence-electron chi connectivity index (χ2n) is 1.48. The van der Waals surface area contributed by atoms with Crippen molar-refractivity contribution in [1.29, 1.82) is 0 Å². The van der Waals surface area contributed by atoms with Crippen LogP contribution >= 0.6 is 27.5 Å². The van der Waals surface area contributed by atoms with E-state index in [9.17, 15) is 4.79 Å². The molecule has 9 heavy (non-hydrogen) atoms. The molecule has 0 rings (SSSR count). The van der Waals surface area contributed by atoms with Crippen LogP contribution in [-0.4, -0.2) is 17.4 Å². The summed E-state index contributed by atoms with van der Waals surface area (Å²) in [5, 5.41) is 0.937. The van der Waals surface area contributed by atoms with Gasteiger partial charge >= 0.3 is 5.43 Å². The van der Waals surface area contributed by atoms with Crippen molar-refractivity contribution >= 4 is 33.0 Å². The molecule has 4 heteroatoms. The average molecular weight is 215 g/mol. The lowest BCUT2D eigenvalue weighted by atomic mass is 10.4. The highest BCUT2D eigenvalue weighted by atomic mass is 79.9. The summed E-state index contributed by atoms with van der Waals surface area (Å²) < 4.78 is 4.45. The number of ether oxygens (including phenoxy) is 1. The van der Waals surface area contributed by atoms with Gasteiger partial charge in [-0.2, -0.15) is 0 Å². The third-order valence-corrected chi connectivity index (χ3v) is 1.41. The van der Waals surface area contributed by atoms with E-state index in [2.05, 4.69) is 20.7 Å². The lowest BCUT2D eigenvalue weighted by molar-refractivity contribution is 0.172. The zero-order valence-electron chi connectivity index (χ0n) is 4.90. The maximum atomic E-state index is 9.94. The molecule has 0 spiro atoms. The minimum Gasteiger partial charge on any atom is -0.454 e. The SMILES string of the molecule is O=C(Cl)OCCCCBr. The average Bonchev–Trinajstić information content (AvgIpc) is 1.80. The van der Waals surface area contributed by atoms with Crippen LogP contribution in [0.15, 0.2) is 0 Å². The molecule has 0 amide bonds. The smallest absolute Gasteiger partial charge is 0.403 e. The Morgan fingerprint density at radius 2 is 2.22 bits per heavy atom. The summed E-state index contributed by atoms with van der Waals surface area (Å²) in [6.45, 7) is 0.425. The number of unbranched alkanes of at least 4 members (excludes halogenated alkanes) is 1. The first-order valence-electron chi connectivity index (χ1n) is 2.65. The Bertz CT molecular complexity index is 87.0. The summed E-state index contributed by atoms with van der Waals surface area (Å²) in [6.07, 6.45) is 1.87. The zero-order chi connectivity index (χ0) is 7.11. The van der Waals surface area contributed by atoms with E-state index in [0.29, 0.717) is 6.61 Å². The predicted octanol–water partition coefficient (Wildman–Crippen LogP) is 2.54. The van der Waals surface area contributed by atoms with Crippen LogP contribution in [0.25, 0.3) is 0 Å². The van der Waals surface area contributed by atoms with E-state index in [4.69, 9.17) is 11.6 Å². The van der Waals surface area contributed by atoms with E-state index >= 15 is 0 Å². The first kappa shape index (κ1) is 9.24. The van der Waals surface area contributed by atoms with Crippen LogP contribution in [0.4, 0.5) is 4.79 Å². The van der Waals surface area contributed by atoms with Gasteiger partial charge in [0.2, 0.25) is 0 Å². The fraction of sp³-hybridized carbons (Fsp3) is 0.800. The maximum Gasteiger partial charge on any atom is 0.403 e. The fourth-order valence-corrected chi connectivity index (χ4v) is 0.823. The van der Waals surface area contributed by atoms with Crippen LogP contribution in [-0.2, 0) is 4.74 Å². The van der Waals surface area contributed by atoms with Crippen molar-refractivity contribution in [2.75, 3.05) is 11.9 Å². The summed E-state index contributed by atoms with van der Waals surface area (Å²) in [5.41, 5.74) is -0.718. The number of carbonyl (C=O) groups excluding carboxylic acids is 1. The van der Waals surface area contributed by atoms with Crippen molar-refractivity contribution in [3.63, 3.8) is 0 Å². The second kappa shape index (κ2) is 6.36. The highest BCUT2D eigenvalue weighted by molar-refractivity contribution is 9.09. The molecule has 0 aliphatic rings. The quantitative estimate of drug-likeness (QED) is 0.409. The summed E-state index contributed by atoms with van der Waals surface area (Å²) in [4.78, 5) is 9.94. The highest BCUT2D eigenvalue weighted by Gasteiger charge is 1.92. The van der Waals surface area contributed by atoms with Gasteiger partial charge < -0.3 is 4.74 Å². The molecule has 54 valence electrons. The van der Waals surface area contributed by atoms with Crippen LogP contribution < -0.4 is 0 Å². The topological polar surface area (TPSA) is 26.3 Å². The summed E-state index contributed by atoms with van der Waals surface area (Å²) in [7, 11) is 0. The molecule has 0 atom stereocenters. The number of rotatable bonds is 4. The van der Waals surface area contributed by atoms with Crippen molar-refractivity contribution in [1.82, 2.24) is 0 Å². The van der Waals surface area contributed by atoms with Gasteiger partial charge in [0.15, 0.2) is 0 Å². The number of hydrogen-bond acceptors (Lipinski definition) is 2. The Labute approximate surface area is 67.6 Å². The summed E-state index contributed by atoms with van der Waals surface area (Å²) in [5.74, 6) is 0. The van der Waals surface area contributed by atoms with Crippen molar-refractivity contribution in [2.24, 2.45) is 0 Å². The number of alkyl halides is 1. The molecular formula is C5H8BrClO2. The number of carbonyl (C=O) groups is 1. The monoisotopic (exact) mass is 214 g/mol. The molecule has 0 aromatic heterocycles. The van der Waals surface area contributed by atoms with Crippen molar-refractivity contribution in [2.45, 2.75) is 12.8 Å². The standard InChI is InChI=1S/C5H8BrClO2/c6-3-1-2-4-9-5(7)8/h1-4H2. The Morgan fingerprint density at radius 1 is 1.56 bits per heavy atom. The van der Waals surface area contributed by atoms with Gasteiger partial charge in [0.1, 0.15) is 0 Å². The van der Waals surface area contributed by atoms with Crippen LogP contribution in [0.3, 0.4) is 0 Å². The lowest BCUT2D eigenvalue weighted by Gasteiger charge is -1.96. The molecule has 0 fully saturated rings. The van der Waals surface area contributed by atoms with Gasteiger partial charge in [-0.15, -0.1) is 0 Å². The third-order valence-electron chi connectivity index (χ3n) is 0.744. The molecule has 2 nitrogen and oxygen atoms in total. The van der Waals surface area contributed by atoms with E-state index < -0.39 is 5.43 Å². The molecule has 0 unspecified atom stereocenters. The minimum atomic E-state index is -0.718. The molecule has 0 aromatic carbocycles. The van der Waals surface area contributed by atoms with Crippen LogP contribution in [0.5, 0.6) is 0 Å². The second-order valence-corrected chi connectivity index (χ2v) is 2.58. The van der Waals surface area contributed by atoms with Gasteiger partial charge in [-0.3, -0.25) is 0 Å². The molecule has 0 aliphatic carbocycles. The normalized spacial score (nSPS) is 9.11. The Kier molecular flexibility index (Phi) is 6.53. The molecule has 0 aromatic rings. The fourth-order valence-electron chi connectivity index (χ4n) is 0.349. The van der Waals surface area contributed by atoms with Crippen LogP contribution in [0, 0.1) is 0 Å². The van der Waals surface area contributed by atoms with Gasteiger partial charge in [0, 0.05) is 16.9 Å². The van der Waals surface area contributed by atoms with Crippen molar-refractivity contribution in [3.05, 3.63) is 0 Å². The molecule has 0 aliphatic heterocycles. The Balaban J connectivity index is 2.83. The number of halogens is 2. The minimum absolute atomic E-state index is 0.425. The predicted molar refractivity (Wildman–Crippen MR) is 40.2 cm³/mol. The largest absolute Gasteiger partial charge is 0.454 e. The summed E-state index contributed by atoms with van der Waals surface area (Å²) in [6, 6.07) is 0. The third kappa shape index (κ3) is 8.24. The van der Waals surface area contributed by atoms with Crippen LogP contribution in [0.1, 0.15) is 12.8 Å².